The summed E-state index contributed by atoms with van der Waals surface area (Å²) in [4.78, 5) is 13.6. The summed E-state index contributed by atoms with van der Waals surface area (Å²) in [6, 6.07) is 9.96. The molecule has 0 atom stereocenters. The van der Waals surface area contributed by atoms with Gasteiger partial charge in [-0.15, -0.1) is 11.3 Å². The molecule has 0 radical (unpaired) electrons. The van der Waals surface area contributed by atoms with Crippen molar-refractivity contribution in [3.8, 4) is 16.2 Å². The van der Waals surface area contributed by atoms with E-state index < -0.39 is 0 Å². The fraction of sp³-hybridized carbons (Fsp3) is 0.214. The number of carbonyl (C=O) groups is 1. The van der Waals surface area contributed by atoms with E-state index >= 15 is 0 Å². The highest BCUT2D eigenvalue weighted by Gasteiger charge is 2.20. The van der Waals surface area contributed by atoms with E-state index in [0.29, 0.717) is 6.61 Å². The van der Waals surface area contributed by atoms with Crippen LogP contribution in [0.3, 0.4) is 0 Å². The molecule has 3 nitrogen and oxygen atoms in total. The van der Waals surface area contributed by atoms with Gasteiger partial charge in [-0.3, -0.25) is 4.79 Å². The zero-order chi connectivity index (χ0) is 12.5. The number of para-hydroxylation sites is 1. The van der Waals surface area contributed by atoms with Crippen LogP contribution < -0.4 is 10.1 Å². The van der Waals surface area contributed by atoms with Gasteiger partial charge in [0.2, 0.25) is 0 Å². The van der Waals surface area contributed by atoms with Gasteiger partial charge in [-0.2, -0.15) is 0 Å². The van der Waals surface area contributed by atoms with Crippen LogP contribution in [-0.2, 0) is 6.42 Å². The molecule has 0 bridgehead atoms. The van der Waals surface area contributed by atoms with Crippen LogP contribution in [0.5, 0.6) is 5.75 Å². The fourth-order valence-corrected chi connectivity index (χ4v) is 3.32. The fourth-order valence-electron chi connectivity index (χ4n) is 2.13. The Labute approximate surface area is 109 Å². The summed E-state index contributed by atoms with van der Waals surface area (Å²) in [7, 11) is 1.66. The minimum atomic E-state index is -0.0218. The van der Waals surface area contributed by atoms with Gasteiger partial charge in [-0.05, 0) is 23.8 Å². The molecule has 1 amide bonds. The van der Waals surface area contributed by atoms with E-state index in [1.807, 2.05) is 30.3 Å². The zero-order valence-corrected chi connectivity index (χ0v) is 10.8. The lowest BCUT2D eigenvalue weighted by Crippen LogP contribution is -2.16. The van der Waals surface area contributed by atoms with Crippen molar-refractivity contribution in [2.24, 2.45) is 0 Å². The summed E-state index contributed by atoms with van der Waals surface area (Å²) in [6.07, 6.45) is 0.845. The molecule has 0 saturated carbocycles. The van der Waals surface area contributed by atoms with Crippen molar-refractivity contribution >= 4 is 17.2 Å². The second-order valence-corrected chi connectivity index (χ2v) is 5.19. The van der Waals surface area contributed by atoms with Crippen LogP contribution >= 0.6 is 11.3 Å². The molecule has 3 rings (SSSR count). The third-order valence-electron chi connectivity index (χ3n) is 3.02. The first-order valence-corrected chi connectivity index (χ1v) is 6.68. The van der Waals surface area contributed by atoms with E-state index in [2.05, 4.69) is 5.32 Å². The Balaban J connectivity index is 2.15. The van der Waals surface area contributed by atoms with Crippen LogP contribution in [-0.4, -0.2) is 19.6 Å². The normalized spacial score (nSPS) is 12.9. The van der Waals surface area contributed by atoms with Crippen molar-refractivity contribution < 1.29 is 9.53 Å². The predicted octanol–water partition coefficient (Wildman–Crippen LogP) is 2.71. The molecule has 92 valence electrons. The lowest BCUT2D eigenvalue weighted by atomic mass is 10.1. The molecule has 1 N–H and O–H groups in total. The molecule has 1 aliphatic rings. The van der Waals surface area contributed by atoms with E-state index in [4.69, 9.17) is 4.74 Å². The molecular weight excluding hydrogens is 246 g/mol. The minimum Gasteiger partial charge on any atom is -0.493 e. The van der Waals surface area contributed by atoms with E-state index in [9.17, 15) is 4.79 Å². The molecule has 0 aliphatic carbocycles. The highest BCUT2D eigenvalue weighted by Crippen LogP contribution is 2.40. The Hall–Kier alpha value is -1.81. The number of hydrogen-bond acceptors (Lipinski definition) is 3. The van der Waals surface area contributed by atoms with E-state index in [-0.39, 0.29) is 5.91 Å². The van der Waals surface area contributed by atoms with Gasteiger partial charge in [0.25, 0.3) is 5.91 Å². The maximum absolute atomic E-state index is 11.7. The smallest absolute Gasteiger partial charge is 0.261 e. The summed E-state index contributed by atoms with van der Waals surface area (Å²) in [5.74, 6) is 0.882. The number of fused-ring (bicyclic) bond motifs is 3. The first-order valence-electron chi connectivity index (χ1n) is 5.86. The van der Waals surface area contributed by atoms with Gasteiger partial charge in [0, 0.05) is 23.9 Å². The second-order valence-electron chi connectivity index (χ2n) is 4.14. The van der Waals surface area contributed by atoms with Crippen LogP contribution in [0.2, 0.25) is 0 Å². The van der Waals surface area contributed by atoms with Gasteiger partial charge in [0.15, 0.2) is 0 Å². The molecule has 0 unspecified atom stereocenters. The molecule has 0 fully saturated rings. The molecule has 1 aromatic carbocycles. The van der Waals surface area contributed by atoms with Crippen molar-refractivity contribution in [1.82, 2.24) is 5.32 Å². The number of benzene rings is 1. The summed E-state index contributed by atoms with van der Waals surface area (Å²) >= 11 is 1.53. The Morgan fingerprint density at radius 2 is 2.22 bits per heavy atom. The summed E-state index contributed by atoms with van der Waals surface area (Å²) in [6.45, 7) is 0.661. The number of carbonyl (C=O) groups excluding carboxylic acids is 1. The van der Waals surface area contributed by atoms with Crippen molar-refractivity contribution in [2.75, 3.05) is 13.7 Å². The van der Waals surface area contributed by atoms with E-state index in [1.165, 1.54) is 16.9 Å². The van der Waals surface area contributed by atoms with Gasteiger partial charge < -0.3 is 10.1 Å². The van der Waals surface area contributed by atoms with E-state index in [0.717, 1.165) is 27.5 Å². The molecular formula is C14H13NO2S. The molecule has 0 saturated heterocycles. The molecule has 2 aromatic rings. The Bertz CT molecular complexity index is 604. The lowest BCUT2D eigenvalue weighted by molar-refractivity contribution is 0.0967. The topological polar surface area (TPSA) is 38.3 Å². The van der Waals surface area contributed by atoms with Gasteiger partial charge in [-0.25, -0.2) is 0 Å². The number of amides is 1. The highest BCUT2D eigenvalue weighted by atomic mass is 32.1. The van der Waals surface area contributed by atoms with Crippen LogP contribution in [0, 0.1) is 0 Å². The first kappa shape index (κ1) is 11.3. The van der Waals surface area contributed by atoms with Crippen molar-refractivity contribution in [3.05, 3.63) is 40.8 Å². The Morgan fingerprint density at radius 3 is 3.06 bits per heavy atom. The number of hydrogen-bond donors (Lipinski definition) is 1. The largest absolute Gasteiger partial charge is 0.493 e. The van der Waals surface area contributed by atoms with Gasteiger partial charge >= 0.3 is 0 Å². The SMILES string of the molecule is CNC(=O)c1cc2c(s1)-c1ccccc1OCC2. The van der Waals surface area contributed by atoms with Gasteiger partial charge in [0.05, 0.1) is 11.5 Å². The van der Waals surface area contributed by atoms with Crippen LogP contribution in [0.15, 0.2) is 30.3 Å². The monoisotopic (exact) mass is 259 g/mol. The molecule has 4 heteroatoms. The van der Waals surface area contributed by atoms with Crippen molar-refractivity contribution in [1.29, 1.82) is 0 Å². The first-order chi connectivity index (χ1) is 8.79. The average Bonchev–Trinajstić information content (AvgIpc) is 2.75. The third-order valence-corrected chi connectivity index (χ3v) is 4.23. The molecule has 1 aromatic heterocycles. The van der Waals surface area contributed by atoms with Crippen LogP contribution in [0.4, 0.5) is 0 Å². The quantitative estimate of drug-likeness (QED) is 0.855. The molecule has 2 heterocycles. The minimum absolute atomic E-state index is 0.0218. The average molecular weight is 259 g/mol. The maximum Gasteiger partial charge on any atom is 0.261 e. The number of ether oxygens (including phenoxy) is 1. The molecule has 0 spiro atoms. The second kappa shape index (κ2) is 4.46. The summed E-state index contributed by atoms with van der Waals surface area (Å²) in [5.41, 5.74) is 2.29. The highest BCUT2D eigenvalue weighted by molar-refractivity contribution is 7.17. The zero-order valence-electron chi connectivity index (χ0n) is 10.0. The predicted molar refractivity (Wildman–Crippen MR) is 72.3 cm³/mol. The van der Waals surface area contributed by atoms with E-state index in [1.54, 1.807) is 7.05 Å². The number of nitrogens with one attached hydrogen (secondary N) is 1. The molecule has 1 aliphatic heterocycles. The molecule has 18 heavy (non-hydrogen) atoms. The van der Waals surface area contributed by atoms with Gasteiger partial charge in [-0.1, -0.05) is 12.1 Å². The number of thiophene rings is 1. The summed E-state index contributed by atoms with van der Waals surface area (Å²) in [5, 5.41) is 2.67. The summed E-state index contributed by atoms with van der Waals surface area (Å²) < 4.78 is 5.72. The number of rotatable bonds is 1. The van der Waals surface area contributed by atoms with Crippen molar-refractivity contribution in [3.63, 3.8) is 0 Å². The maximum atomic E-state index is 11.7. The van der Waals surface area contributed by atoms with Crippen LogP contribution in [0.1, 0.15) is 15.2 Å². The Kier molecular flexibility index (Phi) is 2.80. The lowest BCUT2D eigenvalue weighted by Gasteiger charge is -2.05. The standard InChI is InChI=1S/C14H13NO2S/c1-15-14(16)12-8-9-6-7-17-11-5-3-2-4-10(11)13(9)18-12/h2-5,8H,6-7H2,1H3,(H,15,16). The third kappa shape index (κ3) is 1.78. The van der Waals surface area contributed by atoms with Gasteiger partial charge in [0.1, 0.15) is 5.75 Å². The Morgan fingerprint density at radius 1 is 1.39 bits per heavy atom. The van der Waals surface area contributed by atoms with Crippen molar-refractivity contribution in [2.45, 2.75) is 6.42 Å². The van der Waals surface area contributed by atoms with Crippen LogP contribution in [0.25, 0.3) is 10.4 Å².